The van der Waals surface area contributed by atoms with Crippen LogP contribution in [0, 0.1) is 5.41 Å². The molecule has 0 radical (unpaired) electrons. The first-order valence-electron chi connectivity index (χ1n) is 5.91. The minimum atomic E-state index is 0.516. The molecule has 90 valence electrons. The molecule has 0 amide bonds. The topological polar surface area (TPSA) is 27.1 Å². The van der Waals surface area contributed by atoms with E-state index in [2.05, 4.69) is 6.58 Å². The molecule has 0 aliphatic carbocycles. The second-order valence-corrected chi connectivity index (χ2v) is 3.95. The zero-order valence-corrected chi connectivity index (χ0v) is 10.2. The lowest BCUT2D eigenvalue weighted by Gasteiger charge is -2.24. The van der Waals surface area contributed by atoms with Gasteiger partial charge in [0.05, 0.1) is 0 Å². The van der Waals surface area contributed by atoms with Crippen molar-refractivity contribution in [2.75, 3.05) is 4.90 Å². The van der Waals surface area contributed by atoms with Gasteiger partial charge in [0.1, 0.15) is 5.84 Å². The fraction of sp³-hybridized carbons (Fsp3) is 0.0625. The molecule has 0 saturated heterocycles. The third-order valence-electron chi connectivity index (χ3n) is 2.64. The number of nitrogens with zero attached hydrogens (tertiary/aromatic N) is 1. The molecule has 0 aliphatic heterocycles. The third kappa shape index (κ3) is 2.66. The zero-order valence-electron chi connectivity index (χ0n) is 10.2. The molecular formula is C16H16N2. The van der Waals surface area contributed by atoms with Gasteiger partial charge < -0.3 is 0 Å². The maximum absolute atomic E-state index is 8.18. The zero-order chi connectivity index (χ0) is 12.8. The third-order valence-corrected chi connectivity index (χ3v) is 2.64. The van der Waals surface area contributed by atoms with Crippen LogP contribution in [0.3, 0.4) is 0 Å². The minimum absolute atomic E-state index is 0.516. The highest BCUT2D eigenvalue weighted by molar-refractivity contribution is 6.02. The lowest BCUT2D eigenvalue weighted by Crippen LogP contribution is -2.24. The van der Waals surface area contributed by atoms with Gasteiger partial charge in [0.25, 0.3) is 0 Å². The number of amidine groups is 1. The standard InChI is InChI=1S/C16H16N2/c1-2-9-16(17)18(14-10-5-3-6-11-14)15-12-7-4-8-13-15/h2-8,10-13,17H,1,9H2. The van der Waals surface area contributed by atoms with Gasteiger partial charge in [0, 0.05) is 17.8 Å². The van der Waals surface area contributed by atoms with Crippen LogP contribution in [0.15, 0.2) is 73.3 Å². The maximum atomic E-state index is 8.18. The first-order valence-corrected chi connectivity index (χ1v) is 5.91. The number of hydrogen-bond donors (Lipinski definition) is 1. The maximum Gasteiger partial charge on any atom is 0.109 e. The van der Waals surface area contributed by atoms with Crippen LogP contribution in [0.2, 0.25) is 0 Å². The van der Waals surface area contributed by atoms with Gasteiger partial charge >= 0.3 is 0 Å². The van der Waals surface area contributed by atoms with Crippen LogP contribution in [0.25, 0.3) is 0 Å². The van der Waals surface area contributed by atoms with Gasteiger partial charge in [-0.1, -0.05) is 42.5 Å². The number of anilines is 2. The second-order valence-electron chi connectivity index (χ2n) is 3.95. The van der Waals surface area contributed by atoms with Crippen LogP contribution >= 0.6 is 0 Å². The predicted molar refractivity (Wildman–Crippen MR) is 77.6 cm³/mol. The predicted octanol–water partition coefficient (Wildman–Crippen LogP) is 4.38. The molecular weight excluding hydrogens is 220 g/mol. The van der Waals surface area contributed by atoms with Gasteiger partial charge in [-0.25, -0.2) is 0 Å². The Bertz CT molecular complexity index is 478. The largest absolute Gasteiger partial charge is 0.299 e. The van der Waals surface area contributed by atoms with Crippen molar-refractivity contribution < 1.29 is 0 Å². The van der Waals surface area contributed by atoms with Gasteiger partial charge in [-0.05, 0) is 24.3 Å². The summed E-state index contributed by atoms with van der Waals surface area (Å²) in [5.41, 5.74) is 1.99. The van der Waals surface area contributed by atoms with Crippen molar-refractivity contribution in [1.29, 1.82) is 5.41 Å². The van der Waals surface area contributed by atoms with E-state index in [1.54, 1.807) is 6.08 Å². The van der Waals surface area contributed by atoms with Gasteiger partial charge in [-0.15, -0.1) is 6.58 Å². The fourth-order valence-electron chi connectivity index (χ4n) is 1.84. The molecule has 1 N–H and O–H groups in total. The monoisotopic (exact) mass is 236 g/mol. The summed E-state index contributed by atoms with van der Waals surface area (Å²) in [7, 11) is 0. The highest BCUT2D eigenvalue weighted by Gasteiger charge is 2.12. The average Bonchev–Trinajstić information content (AvgIpc) is 2.42. The molecule has 2 rings (SSSR count). The Morgan fingerprint density at radius 2 is 1.39 bits per heavy atom. The van der Waals surface area contributed by atoms with E-state index in [9.17, 15) is 0 Å². The van der Waals surface area contributed by atoms with Crippen molar-refractivity contribution in [3.63, 3.8) is 0 Å². The first-order chi connectivity index (χ1) is 8.83. The van der Waals surface area contributed by atoms with Crippen molar-refractivity contribution in [2.45, 2.75) is 6.42 Å². The number of hydrogen-bond acceptors (Lipinski definition) is 1. The Morgan fingerprint density at radius 1 is 0.944 bits per heavy atom. The van der Waals surface area contributed by atoms with E-state index in [1.807, 2.05) is 65.6 Å². The van der Waals surface area contributed by atoms with Crippen LogP contribution < -0.4 is 4.90 Å². The van der Waals surface area contributed by atoms with E-state index >= 15 is 0 Å². The first kappa shape index (κ1) is 12.1. The van der Waals surface area contributed by atoms with E-state index in [1.165, 1.54) is 0 Å². The molecule has 2 aromatic carbocycles. The molecule has 0 bridgehead atoms. The molecule has 0 fully saturated rings. The normalized spacial score (nSPS) is 9.78. The molecule has 0 aromatic heterocycles. The van der Waals surface area contributed by atoms with Crippen LogP contribution in [0.5, 0.6) is 0 Å². The van der Waals surface area contributed by atoms with E-state index in [0.29, 0.717) is 12.3 Å². The molecule has 18 heavy (non-hydrogen) atoms. The van der Waals surface area contributed by atoms with Crippen molar-refractivity contribution in [3.05, 3.63) is 73.3 Å². The van der Waals surface area contributed by atoms with Gasteiger partial charge in [-0.2, -0.15) is 0 Å². The minimum Gasteiger partial charge on any atom is -0.299 e. The molecule has 0 saturated carbocycles. The summed E-state index contributed by atoms with van der Waals surface area (Å²) in [4.78, 5) is 1.93. The van der Waals surface area contributed by atoms with E-state index in [4.69, 9.17) is 5.41 Å². The number of benzene rings is 2. The van der Waals surface area contributed by atoms with Crippen LogP contribution in [0.1, 0.15) is 6.42 Å². The Balaban J connectivity index is 2.41. The summed E-state index contributed by atoms with van der Waals surface area (Å²) >= 11 is 0. The van der Waals surface area contributed by atoms with Gasteiger partial charge in [-0.3, -0.25) is 10.3 Å². The highest BCUT2D eigenvalue weighted by atomic mass is 15.2. The quantitative estimate of drug-likeness (QED) is 0.476. The smallest absolute Gasteiger partial charge is 0.109 e. The fourth-order valence-corrected chi connectivity index (χ4v) is 1.84. The molecule has 2 aromatic rings. The molecule has 0 unspecified atom stereocenters. The van der Waals surface area contributed by atoms with Crippen molar-refractivity contribution in [3.8, 4) is 0 Å². The van der Waals surface area contributed by atoms with Gasteiger partial charge in [0.2, 0.25) is 0 Å². The summed E-state index contributed by atoms with van der Waals surface area (Å²) in [6, 6.07) is 19.9. The summed E-state index contributed by atoms with van der Waals surface area (Å²) in [5.74, 6) is 0.516. The lowest BCUT2D eigenvalue weighted by atomic mass is 10.2. The summed E-state index contributed by atoms with van der Waals surface area (Å²) in [5, 5.41) is 8.18. The second kappa shape index (κ2) is 5.82. The van der Waals surface area contributed by atoms with Crippen LogP contribution in [0.4, 0.5) is 11.4 Å². The molecule has 0 heterocycles. The number of nitrogens with one attached hydrogen (secondary N) is 1. The Labute approximate surface area is 108 Å². The van der Waals surface area contributed by atoms with E-state index < -0.39 is 0 Å². The molecule has 0 atom stereocenters. The van der Waals surface area contributed by atoms with Gasteiger partial charge in [0.15, 0.2) is 0 Å². The lowest BCUT2D eigenvalue weighted by molar-refractivity contribution is 1.22. The SMILES string of the molecule is C=CCC(=N)N(c1ccccc1)c1ccccc1. The summed E-state index contributed by atoms with van der Waals surface area (Å²) in [6.07, 6.45) is 2.30. The van der Waals surface area contributed by atoms with Crippen molar-refractivity contribution in [1.82, 2.24) is 0 Å². The number of rotatable bonds is 4. The highest BCUT2D eigenvalue weighted by Crippen LogP contribution is 2.25. The molecule has 0 aliphatic rings. The summed E-state index contributed by atoms with van der Waals surface area (Å²) in [6.45, 7) is 3.70. The van der Waals surface area contributed by atoms with Crippen molar-refractivity contribution in [2.24, 2.45) is 0 Å². The average molecular weight is 236 g/mol. The van der Waals surface area contributed by atoms with E-state index in [0.717, 1.165) is 11.4 Å². The van der Waals surface area contributed by atoms with Crippen LogP contribution in [-0.2, 0) is 0 Å². The molecule has 2 nitrogen and oxygen atoms in total. The Kier molecular flexibility index (Phi) is 3.92. The van der Waals surface area contributed by atoms with Crippen LogP contribution in [-0.4, -0.2) is 5.84 Å². The molecule has 0 spiro atoms. The number of para-hydroxylation sites is 2. The Morgan fingerprint density at radius 3 is 1.78 bits per heavy atom. The van der Waals surface area contributed by atoms with Crippen molar-refractivity contribution >= 4 is 17.2 Å². The summed E-state index contributed by atoms with van der Waals surface area (Å²) < 4.78 is 0. The Hall–Kier alpha value is -2.35. The van der Waals surface area contributed by atoms with E-state index in [-0.39, 0.29) is 0 Å². The molecule has 2 heteroatoms.